The van der Waals surface area contributed by atoms with Crippen LogP contribution >= 0.6 is 11.6 Å². The molecule has 25 heavy (non-hydrogen) atoms. The number of esters is 1. The summed E-state index contributed by atoms with van der Waals surface area (Å²) in [5, 5.41) is 3.89. The average Bonchev–Trinajstić information content (AvgIpc) is 3.35. The van der Waals surface area contributed by atoms with Crippen LogP contribution in [0.4, 0.5) is 0 Å². The Balaban J connectivity index is 1.94. The number of nitrogens with zero attached hydrogens (tertiary/aromatic N) is 2. The molecule has 0 saturated heterocycles. The minimum absolute atomic E-state index is 0.304. The molecule has 0 amide bonds. The van der Waals surface area contributed by atoms with Gasteiger partial charge in [-0.1, -0.05) is 11.6 Å². The van der Waals surface area contributed by atoms with Gasteiger partial charge in [-0.3, -0.25) is 5.32 Å². The van der Waals surface area contributed by atoms with Gasteiger partial charge in [0.25, 0.3) is 0 Å². The van der Waals surface area contributed by atoms with Crippen molar-refractivity contribution in [2.24, 2.45) is 0 Å². The van der Waals surface area contributed by atoms with Crippen LogP contribution in [0.1, 0.15) is 45.2 Å². The third-order valence-electron chi connectivity index (χ3n) is 3.70. The third-order valence-corrected chi connectivity index (χ3v) is 3.92. The number of carbonyl (C=O) groups excluding carboxylic acids is 1. The van der Waals surface area contributed by atoms with E-state index in [0.29, 0.717) is 16.9 Å². The van der Waals surface area contributed by atoms with E-state index in [1.54, 1.807) is 30.6 Å². The molecular weight excluding hydrogens is 338 g/mol. The summed E-state index contributed by atoms with van der Waals surface area (Å²) < 4.78 is 5.59. The molecular formula is C19H22ClN3O2. The molecule has 1 fully saturated rings. The number of aromatic nitrogens is 2. The first kappa shape index (κ1) is 17.8. The largest absolute Gasteiger partial charge is 0.459 e. The predicted octanol–water partition coefficient (Wildman–Crippen LogP) is 3.93. The van der Waals surface area contributed by atoms with Gasteiger partial charge >= 0.3 is 5.97 Å². The first-order valence-corrected chi connectivity index (χ1v) is 8.76. The van der Waals surface area contributed by atoms with Gasteiger partial charge in [-0.15, -0.1) is 0 Å². The van der Waals surface area contributed by atoms with Gasteiger partial charge in [-0.25, -0.2) is 14.8 Å². The normalized spacial score (nSPS) is 15.7. The van der Waals surface area contributed by atoms with Crippen molar-refractivity contribution < 1.29 is 9.53 Å². The Morgan fingerprint density at radius 2 is 1.92 bits per heavy atom. The van der Waals surface area contributed by atoms with Crippen LogP contribution in [0, 0.1) is 0 Å². The number of hydrogen-bond acceptors (Lipinski definition) is 5. The molecule has 0 aliphatic heterocycles. The molecule has 5 nitrogen and oxygen atoms in total. The van der Waals surface area contributed by atoms with Crippen LogP contribution in [0.2, 0.25) is 5.02 Å². The molecule has 3 rings (SSSR count). The van der Waals surface area contributed by atoms with Gasteiger partial charge in [0.2, 0.25) is 0 Å². The lowest BCUT2D eigenvalue weighted by atomic mass is 10.0. The highest BCUT2D eigenvalue weighted by molar-refractivity contribution is 6.31. The number of hydrogen-bond donors (Lipinski definition) is 1. The molecule has 1 aromatic carbocycles. The zero-order chi connectivity index (χ0) is 18.0. The summed E-state index contributed by atoms with van der Waals surface area (Å²) in [5.74, 6) is 0.266. The zero-order valence-electron chi connectivity index (χ0n) is 14.6. The average molecular weight is 360 g/mol. The monoisotopic (exact) mass is 359 g/mol. The number of benzene rings is 1. The van der Waals surface area contributed by atoms with Crippen LogP contribution in [0.3, 0.4) is 0 Å². The molecule has 0 bridgehead atoms. The second-order valence-corrected chi connectivity index (χ2v) is 7.69. The van der Waals surface area contributed by atoms with Gasteiger partial charge in [-0.2, -0.15) is 0 Å². The highest BCUT2D eigenvalue weighted by atomic mass is 35.5. The Labute approximate surface area is 152 Å². The maximum Gasteiger partial charge on any atom is 0.328 e. The standard InChI is InChI=1S/C19H22ClN3O2/c1-19(2,3)25-18(24)16(23-15-5-6-15)12-9-13(11-14(20)10-12)17-21-7-4-8-22-17/h4,7-11,15-16,23H,5-6H2,1-3H3. The molecule has 1 aromatic heterocycles. The van der Waals surface area contributed by atoms with E-state index in [1.165, 1.54) is 0 Å². The molecule has 0 spiro atoms. The maximum absolute atomic E-state index is 12.7. The van der Waals surface area contributed by atoms with E-state index in [1.807, 2.05) is 26.8 Å². The summed E-state index contributed by atoms with van der Waals surface area (Å²) in [6.07, 6.45) is 5.48. The zero-order valence-corrected chi connectivity index (χ0v) is 15.4. The van der Waals surface area contributed by atoms with Crippen molar-refractivity contribution in [2.45, 2.75) is 51.3 Å². The van der Waals surface area contributed by atoms with Crippen LogP contribution in [-0.2, 0) is 9.53 Å². The van der Waals surface area contributed by atoms with E-state index in [2.05, 4.69) is 15.3 Å². The molecule has 1 atom stereocenters. The van der Waals surface area contributed by atoms with E-state index >= 15 is 0 Å². The van der Waals surface area contributed by atoms with Crippen molar-refractivity contribution in [1.29, 1.82) is 0 Å². The summed E-state index contributed by atoms with van der Waals surface area (Å²) in [6.45, 7) is 5.58. The highest BCUT2D eigenvalue weighted by Crippen LogP contribution is 2.30. The fourth-order valence-electron chi connectivity index (χ4n) is 2.50. The Hall–Kier alpha value is -1.98. The first-order valence-electron chi connectivity index (χ1n) is 8.38. The molecule has 1 aliphatic carbocycles. The van der Waals surface area contributed by atoms with Crippen LogP contribution in [0.5, 0.6) is 0 Å². The fraction of sp³-hybridized carbons (Fsp3) is 0.421. The fourth-order valence-corrected chi connectivity index (χ4v) is 2.75. The maximum atomic E-state index is 12.7. The van der Waals surface area contributed by atoms with E-state index in [9.17, 15) is 4.79 Å². The molecule has 1 heterocycles. The molecule has 6 heteroatoms. The summed E-state index contributed by atoms with van der Waals surface area (Å²) in [6, 6.07) is 7.01. The highest BCUT2D eigenvalue weighted by Gasteiger charge is 2.32. The number of halogens is 1. The van der Waals surface area contributed by atoms with Crippen LogP contribution < -0.4 is 5.32 Å². The van der Waals surface area contributed by atoms with Gasteiger partial charge < -0.3 is 4.74 Å². The molecule has 2 aromatic rings. The minimum atomic E-state index is -0.562. The summed E-state index contributed by atoms with van der Waals surface area (Å²) in [4.78, 5) is 21.2. The molecule has 0 radical (unpaired) electrons. The van der Waals surface area contributed by atoms with Crippen molar-refractivity contribution in [1.82, 2.24) is 15.3 Å². The lowest BCUT2D eigenvalue weighted by Crippen LogP contribution is -2.36. The van der Waals surface area contributed by atoms with Gasteiger partial charge in [0, 0.05) is 29.0 Å². The Morgan fingerprint density at radius 3 is 2.52 bits per heavy atom. The summed E-state index contributed by atoms with van der Waals surface area (Å²) >= 11 is 6.30. The lowest BCUT2D eigenvalue weighted by Gasteiger charge is -2.25. The molecule has 1 aliphatic rings. The van der Waals surface area contributed by atoms with Crippen molar-refractivity contribution in [3.05, 3.63) is 47.2 Å². The first-order chi connectivity index (χ1) is 11.8. The Bertz CT molecular complexity index is 755. The number of carbonyl (C=O) groups is 1. The number of ether oxygens (including phenoxy) is 1. The van der Waals surface area contributed by atoms with Crippen molar-refractivity contribution in [3.8, 4) is 11.4 Å². The van der Waals surface area contributed by atoms with Gasteiger partial charge in [-0.05, 0) is 63.4 Å². The summed E-state index contributed by atoms with van der Waals surface area (Å²) in [7, 11) is 0. The van der Waals surface area contributed by atoms with Crippen LogP contribution in [-0.4, -0.2) is 27.6 Å². The van der Waals surface area contributed by atoms with E-state index in [0.717, 1.165) is 24.0 Å². The molecule has 1 N–H and O–H groups in total. The topological polar surface area (TPSA) is 64.1 Å². The SMILES string of the molecule is CC(C)(C)OC(=O)C(NC1CC1)c1cc(Cl)cc(-c2ncccn2)c1. The quantitative estimate of drug-likeness (QED) is 0.819. The van der Waals surface area contributed by atoms with Gasteiger partial charge in [0.05, 0.1) is 0 Å². The van der Waals surface area contributed by atoms with E-state index in [-0.39, 0.29) is 5.97 Å². The Kier molecular flexibility index (Phi) is 5.06. The Morgan fingerprint density at radius 1 is 1.24 bits per heavy atom. The third kappa shape index (κ3) is 5.00. The smallest absolute Gasteiger partial charge is 0.328 e. The minimum Gasteiger partial charge on any atom is -0.459 e. The number of nitrogens with one attached hydrogen (secondary N) is 1. The van der Waals surface area contributed by atoms with Crippen LogP contribution in [0.25, 0.3) is 11.4 Å². The van der Waals surface area contributed by atoms with E-state index in [4.69, 9.17) is 16.3 Å². The summed E-state index contributed by atoms with van der Waals surface area (Å²) in [5.41, 5.74) is 0.982. The second-order valence-electron chi connectivity index (χ2n) is 7.25. The van der Waals surface area contributed by atoms with Crippen LogP contribution in [0.15, 0.2) is 36.7 Å². The van der Waals surface area contributed by atoms with Gasteiger partial charge in [0.15, 0.2) is 5.82 Å². The molecule has 1 unspecified atom stereocenters. The van der Waals surface area contributed by atoms with E-state index < -0.39 is 11.6 Å². The lowest BCUT2D eigenvalue weighted by molar-refractivity contribution is -0.157. The predicted molar refractivity (Wildman–Crippen MR) is 97.2 cm³/mol. The van der Waals surface area contributed by atoms with Crippen molar-refractivity contribution in [2.75, 3.05) is 0 Å². The molecule has 1 saturated carbocycles. The van der Waals surface area contributed by atoms with Crippen molar-refractivity contribution in [3.63, 3.8) is 0 Å². The number of rotatable bonds is 5. The molecule has 132 valence electrons. The van der Waals surface area contributed by atoms with Gasteiger partial charge in [0.1, 0.15) is 11.6 Å². The second kappa shape index (κ2) is 7.10. The van der Waals surface area contributed by atoms with Crippen molar-refractivity contribution >= 4 is 17.6 Å².